The van der Waals surface area contributed by atoms with Gasteiger partial charge in [-0.3, -0.25) is 9.59 Å². The van der Waals surface area contributed by atoms with Crippen LogP contribution < -0.4 is 20.6 Å². The smallest absolute Gasteiger partial charge is 0.490 e. The summed E-state index contributed by atoms with van der Waals surface area (Å²) in [5.41, 5.74) is 14.1. The standard InChI is InChI=1S/C56H74B2O15.C35H35Br2NO/c1-12-68-51(61)47-34-41(15-20-50(47)69-32-31-66-28-27-64-24-23-62-11)56(40-14-13-39(46(33-40)38(2)60)37-67-30-29-65-26-25-63-22-21-59)48-35-42(57-70-52(3,4)53(5,6)71-57)16-18-44(48)45-19-17-43(36-49(45)56)58-72-54(7,8)55(9,10)73-58;1-3-4-5-6-8-25-9-7-10-27(21-25)35(19-20-38(2)30-15-11-26(24-39)12-16-30)33-22-28(36)13-17-31(33)32-18-14-29(37)23-34(32)35/h13-20,33-36,59H,12,21-32,37H2,1-11H3;7,9-18,21-24H,3-6,8,19-20H2,1-2H3. The Morgan fingerprint density at radius 1 is 0.527 bits per heavy atom. The van der Waals surface area contributed by atoms with Crippen molar-refractivity contribution in [1.29, 1.82) is 0 Å². The molecule has 0 atom stereocenters. The fourth-order valence-corrected chi connectivity index (χ4v) is 16.1. The zero-order valence-corrected chi connectivity index (χ0v) is 70.5. The second kappa shape index (κ2) is 38.1. The van der Waals surface area contributed by atoms with E-state index in [0.717, 1.165) is 79.0 Å². The van der Waals surface area contributed by atoms with Gasteiger partial charge in [-0.05, 0) is 238 Å². The van der Waals surface area contributed by atoms with Crippen molar-refractivity contribution in [2.45, 2.75) is 155 Å². The molecule has 0 radical (unpaired) electrons. The lowest BCUT2D eigenvalue weighted by molar-refractivity contribution is 0.00443. The molecular formula is C91H109B2Br2NO16. The van der Waals surface area contributed by atoms with Crippen LogP contribution in [0.15, 0.2) is 167 Å². The fraction of sp³-hybridized carbons (Fsp3) is 0.440. The van der Waals surface area contributed by atoms with E-state index in [-0.39, 0.29) is 63.0 Å². The molecule has 112 heavy (non-hydrogen) atoms. The molecular weight excluding hydrogens is 1540 g/mol. The number of benzene rings is 8. The number of carbonyl (C=O) groups excluding carboxylic acids is 3. The minimum absolute atomic E-state index is 0.0502. The number of halogens is 2. The van der Waals surface area contributed by atoms with E-state index >= 15 is 0 Å². The number of ether oxygens (including phenoxy) is 8. The van der Waals surface area contributed by atoms with Gasteiger partial charge >= 0.3 is 20.2 Å². The molecule has 2 aliphatic carbocycles. The van der Waals surface area contributed by atoms with E-state index in [0.29, 0.717) is 74.3 Å². The molecule has 12 rings (SSSR count). The van der Waals surface area contributed by atoms with Crippen LogP contribution in [0.2, 0.25) is 0 Å². The number of hydrogen-bond donors (Lipinski definition) is 1. The average molecular weight is 1650 g/mol. The molecule has 17 nitrogen and oxygen atoms in total. The lowest BCUT2D eigenvalue weighted by Crippen LogP contribution is -2.41. The first-order chi connectivity index (χ1) is 53.8. The van der Waals surface area contributed by atoms with Crippen LogP contribution in [0.25, 0.3) is 22.3 Å². The predicted octanol–water partition coefficient (Wildman–Crippen LogP) is 16.6. The lowest BCUT2D eigenvalue weighted by atomic mass is 9.64. The van der Waals surface area contributed by atoms with Crippen molar-refractivity contribution in [2.24, 2.45) is 0 Å². The number of esters is 1. The molecule has 8 aromatic rings. The number of nitrogens with zero attached hydrogens (tertiary/aromatic N) is 1. The van der Waals surface area contributed by atoms with Gasteiger partial charge in [-0.2, -0.15) is 0 Å². The SMILES string of the molecule is CCCCCCc1cccc(C2(CCN(C)c3ccc(C=O)cc3)c3cc(Br)ccc3-c3ccc(Br)cc32)c1.CCOC(=O)c1cc(C2(c3ccc(COCCOCCOCCO)c(C(C)=O)c3)c3cc(B4OC(C)(C)C(C)(C)O4)ccc3-c3ccc(B4OC(C)(C)C(C)(C)O4)cc32)ccc1OCCOCCOCCOC. The Kier molecular flexibility index (Phi) is 29.1. The normalized spacial score (nSPS) is 16.1. The number of methoxy groups -OCH3 is 1. The lowest BCUT2D eigenvalue weighted by Gasteiger charge is -2.35. The van der Waals surface area contributed by atoms with Crippen molar-refractivity contribution < 1.29 is 76.0 Å². The van der Waals surface area contributed by atoms with Gasteiger partial charge in [0.2, 0.25) is 0 Å². The van der Waals surface area contributed by atoms with Crippen molar-refractivity contribution >= 4 is 80.7 Å². The summed E-state index contributed by atoms with van der Waals surface area (Å²) in [5.74, 6) is -0.384. The molecule has 8 aromatic carbocycles. The molecule has 0 spiro atoms. The first kappa shape index (κ1) is 85.7. The van der Waals surface area contributed by atoms with Crippen LogP contribution in [0.1, 0.15) is 189 Å². The summed E-state index contributed by atoms with van der Waals surface area (Å²) in [7, 11) is 2.36. The summed E-state index contributed by atoms with van der Waals surface area (Å²) in [5, 5.41) is 8.98. The van der Waals surface area contributed by atoms with Crippen LogP contribution in [-0.2, 0) is 75.6 Å². The first-order valence-corrected chi connectivity index (χ1v) is 40.9. The number of aryl methyl sites for hydroxylation is 1. The van der Waals surface area contributed by atoms with E-state index in [4.69, 9.17) is 61.6 Å². The number of aliphatic hydroxyl groups is 1. The number of aldehydes is 1. The molecule has 0 saturated carbocycles. The minimum atomic E-state index is -1.20. The Balaban J connectivity index is 0.000000266. The number of Topliss-reactive ketones (excluding diaryl/α,β-unsaturated/α-hetero) is 1. The van der Waals surface area contributed by atoms with Crippen LogP contribution in [0.5, 0.6) is 5.75 Å². The summed E-state index contributed by atoms with van der Waals surface area (Å²) >= 11 is 7.59. The third-order valence-corrected chi connectivity index (χ3v) is 23.8. The van der Waals surface area contributed by atoms with Gasteiger partial charge in [0.15, 0.2) is 5.78 Å². The number of ketones is 1. The van der Waals surface area contributed by atoms with Crippen LogP contribution in [-0.4, -0.2) is 166 Å². The predicted molar refractivity (Wildman–Crippen MR) is 450 cm³/mol. The van der Waals surface area contributed by atoms with Crippen molar-refractivity contribution in [3.8, 4) is 28.0 Å². The summed E-state index contributed by atoms with van der Waals surface area (Å²) in [6.07, 6.45) is 8.00. The van der Waals surface area contributed by atoms with Crippen molar-refractivity contribution in [3.05, 3.63) is 233 Å². The van der Waals surface area contributed by atoms with E-state index in [9.17, 15) is 14.4 Å². The highest BCUT2D eigenvalue weighted by Crippen LogP contribution is 2.58. The highest BCUT2D eigenvalue weighted by molar-refractivity contribution is 9.10. The summed E-state index contributed by atoms with van der Waals surface area (Å²) < 4.78 is 74.4. The largest absolute Gasteiger partial charge is 0.494 e. The second-order valence-electron chi connectivity index (χ2n) is 31.1. The maximum Gasteiger partial charge on any atom is 0.494 e. The zero-order valence-electron chi connectivity index (χ0n) is 67.4. The van der Waals surface area contributed by atoms with E-state index in [1.54, 1.807) is 27.0 Å². The number of anilines is 1. The summed E-state index contributed by atoms with van der Waals surface area (Å²) in [6.45, 7) is 26.6. The highest BCUT2D eigenvalue weighted by atomic mass is 79.9. The molecule has 594 valence electrons. The van der Waals surface area contributed by atoms with Crippen LogP contribution >= 0.6 is 31.9 Å². The monoisotopic (exact) mass is 1650 g/mol. The van der Waals surface area contributed by atoms with Crippen LogP contribution in [0.3, 0.4) is 0 Å². The Labute approximate surface area is 679 Å². The van der Waals surface area contributed by atoms with E-state index in [1.165, 1.54) is 59.1 Å². The molecule has 0 bridgehead atoms. The Hall–Kier alpha value is -7.18. The Morgan fingerprint density at radius 3 is 1.56 bits per heavy atom. The van der Waals surface area contributed by atoms with Gasteiger partial charge in [0.05, 0.1) is 114 Å². The van der Waals surface area contributed by atoms with Gasteiger partial charge in [0, 0.05) is 51.9 Å². The van der Waals surface area contributed by atoms with Gasteiger partial charge in [-0.1, -0.05) is 149 Å². The van der Waals surface area contributed by atoms with Crippen LogP contribution in [0.4, 0.5) is 5.69 Å². The molecule has 0 unspecified atom stereocenters. The number of aliphatic hydroxyl groups excluding tert-OH is 1. The topological polar surface area (TPSA) is 185 Å². The van der Waals surface area contributed by atoms with Gasteiger partial charge in [0.25, 0.3) is 0 Å². The average Bonchev–Trinajstić information content (AvgIpc) is 1.52. The van der Waals surface area contributed by atoms with E-state index in [2.05, 4.69) is 136 Å². The molecule has 2 aliphatic heterocycles. The molecule has 0 amide bonds. The first-order valence-electron chi connectivity index (χ1n) is 39.3. The second-order valence-corrected chi connectivity index (χ2v) is 33.0. The van der Waals surface area contributed by atoms with Gasteiger partial charge in [-0.25, -0.2) is 4.79 Å². The van der Waals surface area contributed by atoms with Gasteiger partial charge in [-0.15, -0.1) is 0 Å². The highest BCUT2D eigenvalue weighted by Gasteiger charge is 2.56. The molecule has 0 aromatic heterocycles. The molecule has 1 N–H and O–H groups in total. The molecule has 4 aliphatic rings. The maximum atomic E-state index is 14.2. The van der Waals surface area contributed by atoms with E-state index in [1.807, 2.05) is 122 Å². The number of hydrogen-bond acceptors (Lipinski definition) is 17. The summed E-state index contributed by atoms with van der Waals surface area (Å²) in [6, 6.07) is 54.8. The molecule has 2 fully saturated rings. The molecule has 21 heteroatoms. The number of rotatable bonds is 38. The fourth-order valence-electron chi connectivity index (χ4n) is 15.4. The van der Waals surface area contributed by atoms with Gasteiger partial charge in [0.1, 0.15) is 24.2 Å². The number of unbranched alkanes of at least 4 members (excludes halogenated alkanes) is 3. The van der Waals surface area contributed by atoms with Gasteiger partial charge < -0.3 is 66.5 Å². The van der Waals surface area contributed by atoms with Crippen molar-refractivity contribution in [1.82, 2.24) is 0 Å². The van der Waals surface area contributed by atoms with Crippen molar-refractivity contribution in [2.75, 3.05) is 111 Å². The number of fused-ring (bicyclic) bond motifs is 6. The Bertz CT molecular complexity index is 4390. The van der Waals surface area contributed by atoms with Crippen LogP contribution in [0, 0.1) is 0 Å². The molecule has 2 saturated heterocycles. The minimum Gasteiger partial charge on any atom is -0.490 e. The summed E-state index contributed by atoms with van der Waals surface area (Å²) in [4.78, 5) is 41.6. The third kappa shape index (κ3) is 18.8. The van der Waals surface area contributed by atoms with E-state index < -0.39 is 48.0 Å². The maximum absolute atomic E-state index is 14.2. The zero-order chi connectivity index (χ0) is 80.0. The number of carbonyl (C=O) groups is 3. The van der Waals surface area contributed by atoms with Crippen molar-refractivity contribution in [3.63, 3.8) is 0 Å². The quantitative estimate of drug-likeness (QED) is 0.0126. The molecule has 2 heterocycles. The third-order valence-electron chi connectivity index (χ3n) is 22.8. The Morgan fingerprint density at radius 2 is 1.04 bits per heavy atom.